The van der Waals surface area contributed by atoms with Gasteiger partial charge in [-0.05, 0) is 29.8 Å². The highest BCUT2D eigenvalue weighted by atomic mass is 79.9. The summed E-state index contributed by atoms with van der Waals surface area (Å²) < 4.78 is 7.21. The third-order valence-electron chi connectivity index (χ3n) is 4.03. The van der Waals surface area contributed by atoms with Crippen molar-refractivity contribution in [2.45, 2.75) is 6.54 Å². The van der Waals surface area contributed by atoms with E-state index in [1.54, 1.807) is 18.2 Å². The molecule has 0 aliphatic carbocycles. The second kappa shape index (κ2) is 9.18. The summed E-state index contributed by atoms with van der Waals surface area (Å²) in [6.07, 6.45) is 2.38. The lowest BCUT2D eigenvalue weighted by Crippen LogP contribution is -2.19. The van der Waals surface area contributed by atoms with Gasteiger partial charge in [0.05, 0.1) is 24.8 Å². The predicted octanol–water partition coefficient (Wildman–Crippen LogP) is 3.08. The fraction of sp³-hybridized carbons (Fsp3) is 0.105. The molecule has 11 heteroatoms. The molecule has 0 atom stereocenters. The van der Waals surface area contributed by atoms with Crippen molar-refractivity contribution < 1.29 is 19.6 Å². The van der Waals surface area contributed by atoms with Gasteiger partial charge in [-0.1, -0.05) is 34.1 Å². The molecule has 0 saturated carbocycles. The van der Waals surface area contributed by atoms with Crippen LogP contribution in [0.2, 0.25) is 0 Å². The van der Waals surface area contributed by atoms with E-state index in [0.29, 0.717) is 5.56 Å². The van der Waals surface area contributed by atoms with Crippen molar-refractivity contribution >= 4 is 33.7 Å². The standard InChI is InChI=1S/C19H16BrN5O5/c1-30-16-4-2-3-13(18(16)26)9-21-22-19(27)17-15(25(28)29)11-24(23-17)10-12-5-7-14(20)8-6-12/h2-9,11,26H,10H2,1H3,(H,22,27)/b21-9-. The van der Waals surface area contributed by atoms with E-state index in [2.05, 4.69) is 31.6 Å². The number of carbonyl (C=O) groups excluding carboxylic acids is 1. The number of amides is 1. The average molecular weight is 474 g/mol. The number of aromatic nitrogens is 2. The number of hydrazone groups is 1. The van der Waals surface area contributed by atoms with Crippen LogP contribution in [-0.2, 0) is 6.54 Å². The van der Waals surface area contributed by atoms with Crippen molar-refractivity contribution in [1.82, 2.24) is 15.2 Å². The predicted molar refractivity (Wildman–Crippen MR) is 112 cm³/mol. The van der Waals surface area contributed by atoms with E-state index in [-0.39, 0.29) is 23.7 Å². The Morgan fingerprint density at radius 2 is 2.10 bits per heavy atom. The van der Waals surface area contributed by atoms with Crippen LogP contribution in [0.15, 0.2) is 58.2 Å². The first-order valence-corrected chi connectivity index (χ1v) is 9.34. The molecular weight excluding hydrogens is 458 g/mol. The number of carbonyl (C=O) groups is 1. The lowest BCUT2D eigenvalue weighted by Gasteiger charge is -2.04. The Kier molecular flexibility index (Phi) is 6.42. The molecule has 0 fully saturated rings. The van der Waals surface area contributed by atoms with Crippen molar-refractivity contribution in [1.29, 1.82) is 0 Å². The van der Waals surface area contributed by atoms with E-state index < -0.39 is 16.5 Å². The largest absolute Gasteiger partial charge is 0.504 e. The quantitative estimate of drug-likeness (QED) is 0.307. The normalized spacial score (nSPS) is 10.9. The SMILES string of the molecule is COc1cccc(/C=N\NC(=O)c2nn(Cc3ccc(Br)cc3)cc2[N+](=O)[O-])c1O. The third kappa shape index (κ3) is 4.81. The number of aromatic hydroxyl groups is 1. The van der Waals surface area contributed by atoms with Crippen LogP contribution in [0.1, 0.15) is 21.6 Å². The number of phenols is 1. The molecule has 1 aromatic heterocycles. The molecule has 3 aromatic rings. The van der Waals surface area contributed by atoms with E-state index in [1.807, 2.05) is 24.3 Å². The third-order valence-corrected chi connectivity index (χ3v) is 4.56. The first kappa shape index (κ1) is 21.0. The molecule has 10 nitrogen and oxygen atoms in total. The van der Waals surface area contributed by atoms with E-state index >= 15 is 0 Å². The van der Waals surface area contributed by atoms with Crippen LogP contribution < -0.4 is 10.2 Å². The first-order chi connectivity index (χ1) is 14.4. The van der Waals surface area contributed by atoms with Crippen molar-refractivity contribution in [2.24, 2.45) is 5.10 Å². The Morgan fingerprint density at radius 3 is 2.77 bits per heavy atom. The Morgan fingerprint density at radius 1 is 1.37 bits per heavy atom. The summed E-state index contributed by atoms with van der Waals surface area (Å²) in [5.41, 5.74) is 2.52. The lowest BCUT2D eigenvalue weighted by atomic mass is 10.2. The highest BCUT2D eigenvalue weighted by molar-refractivity contribution is 9.10. The number of halogens is 1. The molecule has 0 radical (unpaired) electrons. The minimum Gasteiger partial charge on any atom is -0.504 e. The van der Waals surface area contributed by atoms with Gasteiger partial charge in [-0.2, -0.15) is 10.2 Å². The van der Waals surface area contributed by atoms with Gasteiger partial charge in [0, 0.05) is 10.0 Å². The van der Waals surface area contributed by atoms with Gasteiger partial charge in [-0.25, -0.2) is 5.43 Å². The average Bonchev–Trinajstić information content (AvgIpc) is 3.15. The number of phenolic OH excluding ortho intramolecular Hbond substituents is 1. The van der Waals surface area contributed by atoms with Crippen molar-refractivity contribution in [3.05, 3.63) is 80.1 Å². The van der Waals surface area contributed by atoms with Crippen LogP contribution in [-0.4, -0.2) is 39.0 Å². The Balaban J connectivity index is 1.77. The first-order valence-electron chi connectivity index (χ1n) is 8.54. The van der Waals surface area contributed by atoms with Gasteiger partial charge < -0.3 is 9.84 Å². The topological polar surface area (TPSA) is 132 Å². The molecule has 0 aliphatic heterocycles. The summed E-state index contributed by atoms with van der Waals surface area (Å²) in [7, 11) is 1.40. The second-order valence-corrected chi connectivity index (χ2v) is 6.96. The molecule has 30 heavy (non-hydrogen) atoms. The molecule has 0 saturated heterocycles. The molecule has 154 valence electrons. The van der Waals surface area contributed by atoms with Crippen molar-refractivity contribution in [2.75, 3.05) is 7.11 Å². The summed E-state index contributed by atoms with van der Waals surface area (Å²) in [6.45, 7) is 0.252. The molecule has 0 unspecified atom stereocenters. The molecule has 0 aliphatic rings. The Labute approximate surface area is 179 Å². The minimum absolute atomic E-state index is 0.150. The molecule has 0 spiro atoms. The van der Waals surface area contributed by atoms with Gasteiger partial charge in [-0.15, -0.1) is 0 Å². The zero-order valence-corrected chi connectivity index (χ0v) is 17.2. The monoisotopic (exact) mass is 473 g/mol. The number of hydrogen-bond acceptors (Lipinski definition) is 7. The minimum atomic E-state index is -0.852. The van der Waals surface area contributed by atoms with E-state index in [9.17, 15) is 20.0 Å². The van der Waals surface area contributed by atoms with E-state index in [1.165, 1.54) is 24.2 Å². The molecular formula is C19H16BrN5O5. The van der Waals surface area contributed by atoms with Gasteiger partial charge in [0.15, 0.2) is 11.5 Å². The number of rotatable bonds is 7. The maximum Gasteiger partial charge on any atom is 0.320 e. The van der Waals surface area contributed by atoms with Gasteiger partial charge >= 0.3 is 5.69 Å². The van der Waals surface area contributed by atoms with Crippen molar-refractivity contribution in [3.63, 3.8) is 0 Å². The smallest absolute Gasteiger partial charge is 0.320 e. The molecule has 3 rings (SSSR count). The maximum absolute atomic E-state index is 12.4. The second-order valence-electron chi connectivity index (χ2n) is 6.04. The Hall–Kier alpha value is -3.73. The molecule has 0 bridgehead atoms. The summed E-state index contributed by atoms with van der Waals surface area (Å²) >= 11 is 3.34. The van der Waals surface area contributed by atoms with E-state index in [4.69, 9.17) is 4.74 Å². The summed E-state index contributed by atoms with van der Waals surface area (Å²) in [5, 5.41) is 29.1. The lowest BCUT2D eigenvalue weighted by molar-refractivity contribution is -0.385. The molecule has 1 heterocycles. The Bertz CT molecular complexity index is 1110. The van der Waals surface area contributed by atoms with Crippen LogP contribution in [0.4, 0.5) is 5.69 Å². The van der Waals surface area contributed by atoms with Gasteiger partial charge in [0.2, 0.25) is 5.69 Å². The van der Waals surface area contributed by atoms with Crippen LogP contribution in [0.25, 0.3) is 0 Å². The van der Waals surface area contributed by atoms with Gasteiger partial charge in [-0.3, -0.25) is 19.6 Å². The molecule has 2 N–H and O–H groups in total. The zero-order chi connectivity index (χ0) is 21.7. The molecule has 1 amide bonds. The van der Waals surface area contributed by atoms with Crippen LogP contribution in [0, 0.1) is 10.1 Å². The fourth-order valence-corrected chi connectivity index (χ4v) is 2.85. The van der Waals surface area contributed by atoms with Crippen LogP contribution >= 0.6 is 15.9 Å². The number of ether oxygens (including phenoxy) is 1. The summed E-state index contributed by atoms with van der Waals surface area (Å²) in [5.74, 6) is -0.759. The number of hydrogen-bond donors (Lipinski definition) is 2. The highest BCUT2D eigenvalue weighted by Gasteiger charge is 2.25. The zero-order valence-electron chi connectivity index (χ0n) is 15.7. The maximum atomic E-state index is 12.4. The number of benzene rings is 2. The summed E-state index contributed by atoms with van der Waals surface area (Å²) in [4.78, 5) is 23.0. The van der Waals surface area contributed by atoms with Gasteiger partial charge in [0.25, 0.3) is 5.91 Å². The number of methoxy groups -OCH3 is 1. The van der Waals surface area contributed by atoms with Crippen LogP contribution in [0.5, 0.6) is 11.5 Å². The van der Waals surface area contributed by atoms with Crippen LogP contribution in [0.3, 0.4) is 0 Å². The van der Waals surface area contributed by atoms with Gasteiger partial charge in [0.1, 0.15) is 6.20 Å². The van der Waals surface area contributed by atoms with Crippen molar-refractivity contribution in [3.8, 4) is 11.5 Å². The number of para-hydroxylation sites is 1. The highest BCUT2D eigenvalue weighted by Crippen LogP contribution is 2.28. The number of nitro groups is 1. The molecule has 2 aromatic carbocycles. The number of nitrogens with one attached hydrogen (secondary N) is 1. The number of nitrogens with zero attached hydrogens (tertiary/aromatic N) is 4. The fourth-order valence-electron chi connectivity index (χ4n) is 2.59. The summed E-state index contributed by atoms with van der Waals surface area (Å²) in [6, 6.07) is 12.1. The van der Waals surface area contributed by atoms with E-state index in [0.717, 1.165) is 10.0 Å².